The molecule has 0 saturated heterocycles. The van der Waals surface area contributed by atoms with Crippen LogP contribution in [0, 0.1) is 6.92 Å². The monoisotopic (exact) mass is 499 g/mol. The Bertz CT molecular complexity index is 1510. The summed E-state index contributed by atoms with van der Waals surface area (Å²) < 4.78 is 43.6. The van der Waals surface area contributed by atoms with Gasteiger partial charge in [-0.2, -0.15) is 13.2 Å². The fraction of sp³-hybridized carbons (Fsp3) is 0.385. The number of rotatable bonds is 3. The van der Waals surface area contributed by atoms with Crippen LogP contribution in [0.4, 0.5) is 13.2 Å². The van der Waals surface area contributed by atoms with Crippen LogP contribution in [0.25, 0.3) is 16.6 Å². The summed E-state index contributed by atoms with van der Waals surface area (Å²) in [5.74, 6) is -0.0205. The normalized spacial score (nSPS) is 15.8. The number of amides is 1. The topological polar surface area (TPSA) is 72.5 Å². The Morgan fingerprint density at radius 1 is 1.22 bits per heavy atom. The molecule has 2 aromatic heterocycles. The lowest BCUT2D eigenvalue weighted by molar-refractivity contribution is -0.138. The second-order valence-electron chi connectivity index (χ2n) is 9.11. The number of aryl methyl sites for hydroxylation is 2. The average Bonchev–Trinajstić information content (AvgIpc) is 2.82. The SMILES string of the molecule is CC(=O)N1CC=C(c2cc3/c(=N/C(C)c4cccc(C(F)(F)F)c4C)ncn(C)c3n(C)c2=O)CC1. The summed E-state index contributed by atoms with van der Waals surface area (Å²) in [7, 11) is 3.44. The van der Waals surface area contributed by atoms with E-state index in [2.05, 4.69) is 4.98 Å². The van der Waals surface area contributed by atoms with Crippen LogP contribution in [-0.4, -0.2) is 38.0 Å². The lowest BCUT2D eigenvalue weighted by Gasteiger charge is -2.25. The summed E-state index contributed by atoms with van der Waals surface area (Å²) in [5, 5.41) is 0.614. The Morgan fingerprint density at radius 3 is 2.56 bits per heavy atom. The summed E-state index contributed by atoms with van der Waals surface area (Å²) in [4.78, 5) is 35.8. The number of halogens is 3. The van der Waals surface area contributed by atoms with E-state index in [1.165, 1.54) is 30.8 Å². The molecule has 0 spiro atoms. The predicted molar refractivity (Wildman–Crippen MR) is 131 cm³/mol. The van der Waals surface area contributed by atoms with Crippen LogP contribution in [0.5, 0.6) is 0 Å². The molecule has 1 aliphatic rings. The van der Waals surface area contributed by atoms with E-state index >= 15 is 0 Å². The number of alkyl halides is 3. The summed E-state index contributed by atoms with van der Waals surface area (Å²) in [6.07, 6.45) is -0.491. The van der Waals surface area contributed by atoms with Crippen LogP contribution in [0.3, 0.4) is 0 Å². The molecule has 1 atom stereocenters. The molecular formula is C26H28F3N5O2. The zero-order valence-corrected chi connectivity index (χ0v) is 20.8. The van der Waals surface area contributed by atoms with Crippen LogP contribution in [0.2, 0.25) is 0 Å². The quantitative estimate of drug-likeness (QED) is 0.549. The molecule has 36 heavy (non-hydrogen) atoms. The summed E-state index contributed by atoms with van der Waals surface area (Å²) in [6, 6.07) is 5.24. The molecule has 0 N–H and O–H groups in total. The zero-order valence-electron chi connectivity index (χ0n) is 20.8. The highest BCUT2D eigenvalue weighted by Crippen LogP contribution is 2.35. The van der Waals surface area contributed by atoms with Crippen molar-refractivity contribution in [2.45, 2.75) is 39.4 Å². The third-order valence-corrected chi connectivity index (χ3v) is 6.76. The molecule has 0 radical (unpaired) electrons. The van der Waals surface area contributed by atoms with Crippen molar-refractivity contribution >= 4 is 22.5 Å². The first-order valence-electron chi connectivity index (χ1n) is 11.6. The minimum Gasteiger partial charge on any atom is -0.339 e. The van der Waals surface area contributed by atoms with Gasteiger partial charge >= 0.3 is 6.18 Å². The van der Waals surface area contributed by atoms with Gasteiger partial charge < -0.3 is 9.47 Å². The Labute approximate surface area is 206 Å². The second kappa shape index (κ2) is 9.40. The maximum Gasteiger partial charge on any atom is 0.416 e. The molecule has 10 heteroatoms. The van der Waals surface area contributed by atoms with Crippen LogP contribution in [-0.2, 0) is 25.1 Å². The molecule has 3 heterocycles. The van der Waals surface area contributed by atoms with Crippen LogP contribution in [0.15, 0.2) is 46.5 Å². The first kappa shape index (κ1) is 25.4. The summed E-state index contributed by atoms with van der Waals surface area (Å²) in [6.45, 7) is 5.64. The molecule has 1 aromatic carbocycles. The lowest BCUT2D eigenvalue weighted by Crippen LogP contribution is -2.34. The van der Waals surface area contributed by atoms with Gasteiger partial charge in [-0.3, -0.25) is 19.1 Å². The highest BCUT2D eigenvalue weighted by molar-refractivity contribution is 5.81. The number of fused-ring (bicyclic) bond motifs is 1. The van der Waals surface area contributed by atoms with E-state index in [-0.39, 0.29) is 17.0 Å². The van der Waals surface area contributed by atoms with Crippen LogP contribution < -0.4 is 11.0 Å². The van der Waals surface area contributed by atoms with E-state index in [1.807, 2.05) is 6.08 Å². The zero-order chi connectivity index (χ0) is 26.4. The molecule has 0 saturated carbocycles. The van der Waals surface area contributed by atoms with E-state index < -0.39 is 17.8 Å². The molecule has 1 aliphatic heterocycles. The molecule has 1 unspecified atom stereocenters. The lowest BCUT2D eigenvalue weighted by atomic mass is 9.97. The fourth-order valence-electron chi connectivity index (χ4n) is 4.78. The largest absolute Gasteiger partial charge is 0.416 e. The highest BCUT2D eigenvalue weighted by atomic mass is 19.4. The molecule has 0 aliphatic carbocycles. The van der Waals surface area contributed by atoms with Gasteiger partial charge in [-0.15, -0.1) is 0 Å². The number of carbonyl (C=O) groups excluding carboxylic acids is 1. The van der Waals surface area contributed by atoms with Crippen molar-refractivity contribution in [3.05, 3.63) is 74.8 Å². The number of hydrogen-bond donors (Lipinski definition) is 0. The van der Waals surface area contributed by atoms with Crippen molar-refractivity contribution < 1.29 is 18.0 Å². The van der Waals surface area contributed by atoms with Crippen molar-refractivity contribution in [1.82, 2.24) is 19.0 Å². The van der Waals surface area contributed by atoms with E-state index in [0.29, 0.717) is 47.2 Å². The van der Waals surface area contributed by atoms with Gasteiger partial charge in [-0.25, -0.2) is 4.98 Å². The summed E-state index contributed by atoms with van der Waals surface area (Å²) >= 11 is 0. The van der Waals surface area contributed by atoms with Gasteiger partial charge in [0.25, 0.3) is 5.56 Å². The van der Waals surface area contributed by atoms with Gasteiger partial charge in [0.1, 0.15) is 5.65 Å². The predicted octanol–water partition coefficient (Wildman–Crippen LogP) is 3.90. The maximum atomic E-state index is 13.4. The van der Waals surface area contributed by atoms with E-state index in [0.717, 1.165) is 11.6 Å². The van der Waals surface area contributed by atoms with E-state index in [1.54, 1.807) is 42.6 Å². The molecular weight excluding hydrogens is 471 g/mol. The van der Waals surface area contributed by atoms with Crippen LogP contribution >= 0.6 is 0 Å². The number of benzene rings is 1. The van der Waals surface area contributed by atoms with Gasteiger partial charge in [0.15, 0.2) is 5.49 Å². The van der Waals surface area contributed by atoms with Crippen molar-refractivity contribution in [3.8, 4) is 0 Å². The number of carbonyl (C=O) groups is 1. The van der Waals surface area contributed by atoms with Gasteiger partial charge in [0.05, 0.1) is 23.3 Å². The standard InChI is InChI=1S/C26H28F3N5O2/c1-15-19(7-6-8-22(15)26(27,28)29)16(2)31-23-21-13-20(18-9-11-34(12-10-18)17(3)35)25(36)33(5)24(21)32(4)14-30-23/h6-9,13-14,16H,10-12H2,1-5H3/b31-23-. The third-order valence-electron chi connectivity index (χ3n) is 6.76. The second-order valence-corrected chi connectivity index (χ2v) is 9.11. The molecule has 1 amide bonds. The van der Waals surface area contributed by atoms with E-state index in [9.17, 15) is 22.8 Å². The first-order chi connectivity index (χ1) is 16.9. The molecule has 4 rings (SSSR count). The Hall–Kier alpha value is -3.69. The fourth-order valence-corrected chi connectivity index (χ4v) is 4.78. The van der Waals surface area contributed by atoms with Crippen molar-refractivity contribution in [1.29, 1.82) is 0 Å². The molecule has 0 bridgehead atoms. The summed E-state index contributed by atoms with van der Waals surface area (Å²) in [5.41, 5.74) is 1.99. The maximum absolute atomic E-state index is 13.4. The van der Waals surface area contributed by atoms with Crippen molar-refractivity contribution in [2.24, 2.45) is 19.1 Å². The van der Waals surface area contributed by atoms with Crippen LogP contribution in [0.1, 0.15) is 48.6 Å². The third kappa shape index (κ3) is 4.59. The Balaban J connectivity index is 1.89. The van der Waals surface area contributed by atoms with Crippen molar-refractivity contribution in [2.75, 3.05) is 13.1 Å². The molecule has 7 nitrogen and oxygen atoms in total. The highest BCUT2D eigenvalue weighted by Gasteiger charge is 2.33. The van der Waals surface area contributed by atoms with Gasteiger partial charge in [0.2, 0.25) is 5.91 Å². The minimum absolute atomic E-state index is 0.0205. The Kier molecular flexibility index (Phi) is 6.64. The van der Waals surface area contributed by atoms with Gasteiger partial charge in [-0.05, 0) is 49.1 Å². The number of pyridine rings is 1. The van der Waals surface area contributed by atoms with Gasteiger partial charge in [-0.1, -0.05) is 18.2 Å². The molecule has 0 fully saturated rings. The molecule has 3 aromatic rings. The number of hydrogen-bond acceptors (Lipinski definition) is 4. The van der Waals surface area contributed by atoms with Crippen molar-refractivity contribution in [3.63, 3.8) is 0 Å². The minimum atomic E-state index is -4.45. The molecule has 190 valence electrons. The average molecular weight is 500 g/mol. The van der Waals surface area contributed by atoms with E-state index in [4.69, 9.17) is 4.99 Å². The first-order valence-corrected chi connectivity index (χ1v) is 11.6. The smallest absolute Gasteiger partial charge is 0.339 e. The Morgan fingerprint density at radius 2 is 1.94 bits per heavy atom. The number of nitrogens with zero attached hydrogens (tertiary/aromatic N) is 5. The number of aromatic nitrogens is 3. The van der Waals surface area contributed by atoms with Gasteiger partial charge in [0, 0.05) is 39.7 Å².